The minimum atomic E-state index is -0.481. The van der Waals surface area contributed by atoms with Crippen LogP contribution in [-0.2, 0) is 4.74 Å². The Morgan fingerprint density at radius 1 is 1.45 bits per heavy atom. The largest absolute Gasteiger partial charge is 0.444 e. The molecule has 1 amide bonds. The Labute approximate surface area is 120 Å². The second-order valence-corrected chi connectivity index (χ2v) is 6.00. The van der Waals surface area contributed by atoms with Gasteiger partial charge in [0.25, 0.3) is 0 Å². The fourth-order valence-corrected chi connectivity index (χ4v) is 2.26. The first-order valence-electron chi connectivity index (χ1n) is 7.08. The molecule has 2 rings (SSSR count). The van der Waals surface area contributed by atoms with Crippen LogP contribution in [0.15, 0.2) is 24.4 Å². The normalized spacial score (nSPS) is 20.4. The Morgan fingerprint density at radius 3 is 2.90 bits per heavy atom. The maximum absolute atomic E-state index is 12.4. The molecule has 1 N–H and O–H groups in total. The number of carbonyl (C=O) groups excluding carboxylic acids is 1. The summed E-state index contributed by atoms with van der Waals surface area (Å²) in [7, 11) is 0. The average molecular weight is 277 g/mol. The predicted molar refractivity (Wildman–Crippen MR) is 77.4 cm³/mol. The minimum absolute atomic E-state index is 0.0754. The van der Waals surface area contributed by atoms with Gasteiger partial charge in [0.15, 0.2) is 0 Å². The van der Waals surface area contributed by atoms with Crippen LogP contribution in [0.2, 0.25) is 0 Å². The molecule has 1 aliphatic heterocycles. The molecule has 1 aromatic heterocycles. The Morgan fingerprint density at radius 2 is 2.25 bits per heavy atom. The molecule has 5 nitrogen and oxygen atoms in total. The highest BCUT2D eigenvalue weighted by Gasteiger charge is 2.30. The van der Waals surface area contributed by atoms with E-state index in [0.717, 1.165) is 18.7 Å². The highest BCUT2D eigenvalue weighted by Crippen LogP contribution is 2.23. The SMILES string of the molecule is CC(C)(C)OC(=O)N1CCCNCC1c1ccccn1. The van der Waals surface area contributed by atoms with Gasteiger partial charge >= 0.3 is 6.09 Å². The fraction of sp³-hybridized carbons (Fsp3) is 0.600. The lowest BCUT2D eigenvalue weighted by molar-refractivity contribution is 0.0170. The fourth-order valence-electron chi connectivity index (χ4n) is 2.26. The van der Waals surface area contributed by atoms with E-state index in [1.807, 2.05) is 39.0 Å². The number of aromatic nitrogens is 1. The zero-order chi connectivity index (χ0) is 14.6. The first-order chi connectivity index (χ1) is 9.47. The molecule has 0 aliphatic carbocycles. The summed E-state index contributed by atoms with van der Waals surface area (Å²) in [6, 6.07) is 5.70. The summed E-state index contributed by atoms with van der Waals surface area (Å²) < 4.78 is 5.52. The molecular formula is C15H23N3O2. The van der Waals surface area contributed by atoms with Gasteiger partial charge in [-0.05, 0) is 45.9 Å². The van der Waals surface area contributed by atoms with Gasteiger partial charge in [0.2, 0.25) is 0 Å². The monoisotopic (exact) mass is 277 g/mol. The molecule has 20 heavy (non-hydrogen) atoms. The van der Waals surface area contributed by atoms with Gasteiger partial charge in [-0.2, -0.15) is 0 Å². The summed E-state index contributed by atoms with van der Waals surface area (Å²) in [6.07, 6.45) is 2.41. The lowest BCUT2D eigenvalue weighted by Gasteiger charge is -2.31. The first-order valence-corrected chi connectivity index (χ1v) is 7.08. The minimum Gasteiger partial charge on any atom is -0.444 e. The number of carbonyl (C=O) groups is 1. The van der Waals surface area contributed by atoms with Crippen molar-refractivity contribution in [1.29, 1.82) is 0 Å². The lowest BCUT2D eigenvalue weighted by Crippen LogP contribution is -2.41. The van der Waals surface area contributed by atoms with Crippen LogP contribution >= 0.6 is 0 Å². The summed E-state index contributed by atoms with van der Waals surface area (Å²) in [6.45, 7) is 7.95. The van der Waals surface area contributed by atoms with Gasteiger partial charge in [-0.15, -0.1) is 0 Å². The molecule has 110 valence electrons. The highest BCUT2D eigenvalue weighted by molar-refractivity contribution is 5.68. The summed E-state index contributed by atoms with van der Waals surface area (Å²) in [5, 5.41) is 3.35. The van der Waals surface area contributed by atoms with Crippen LogP contribution in [-0.4, -0.2) is 41.2 Å². The van der Waals surface area contributed by atoms with E-state index in [-0.39, 0.29) is 12.1 Å². The number of ether oxygens (including phenoxy) is 1. The Bertz CT molecular complexity index is 442. The Hall–Kier alpha value is -1.62. The molecule has 2 heterocycles. The molecule has 0 saturated carbocycles. The van der Waals surface area contributed by atoms with E-state index >= 15 is 0 Å². The average Bonchev–Trinajstić information content (AvgIpc) is 2.63. The van der Waals surface area contributed by atoms with Crippen molar-refractivity contribution in [1.82, 2.24) is 15.2 Å². The zero-order valence-corrected chi connectivity index (χ0v) is 12.4. The van der Waals surface area contributed by atoms with Crippen LogP contribution in [0.1, 0.15) is 38.9 Å². The zero-order valence-electron chi connectivity index (χ0n) is 12.4. The van der Waals surface area contributed by atoms with Crippen molar-refractivity contribution in [2.75, 3.05) is 19.6 Å². The quantitative estimate of drug-likeness (QED) is 0.856. The van der Waals surface area contributed by atoms with Crippen LogP contribution < -0.4 is 5.32 Å². The number of rotatable bonds is 1. The van der Waals surface area contributed by atoms with Gasteiger partial charge in [0.1, 0.15) is 5.60 Å². The molecule has 1 saturated heterocycles. The maximum atomic E-state index is 12.4. The van der Waals surface area contributed by atoms with Gasteiger partial charge in [-0.1, -0.05) is 6.07 Å². The molecular weight excluding hydrogens is 254 g/mol. The van der Waals surface area contributed by atoms with Gasteiger partial charge < -0.3 is 10.1 Å². The smallest absolute Gasteiger partial charge is 0.410 e. The van der Waals surface area contributed by atoms with Crippen LogP contribution in [0.25, 0.3) is 0 Å². The molecule has 1 fully saturated rings. The van der Waals surface area contributed by atoms with Gasteiger partial charge in [-0.25, -0.2) is 4.79 Å². The molecule has 1 aliphatic rings. The summed E-state index contributed by atoms with van der Waals surface area (Å²) in [5.41, 5.74) is 0.415. The van der Waals surface area contributed by atoms with Gasteiger partial charge in [0.05, 0.1) is 11.7 Å². The number of nitrogens with zero attached hydrogens (tertiary/aromatic N) is 2. The molecule has 0 radical (unpaired) electrons. The van der Waals surface area contributed by atoms with E-state index in [0.29, 0.717) is 13.1 Å². The number of amides is 1. The second-order valence-electron chi connectivity index (χ2n) is 6.00. The number of hydrogen-bond donors (Lipinski definition) is 1. The van der Waals surface area contributed by atoms with Crippen molar-refractivity contribution < 1.29 is 9.53 Å². The van der Waals surface area contributed by atoms with Crippen LogP contribution in [0.3, 0.4) is 0 Å². The first kappa shape index (κ1) is 14.8. The molecule has 0 bridgehead atoms. The highest BCUT2D eigenvalue weighted by atomic mass is 16.6. The number of pyridine rings is 1. The van der Waals surface area contributed by atoms with E-state index < -0.39 is 5.60 Å². The predicted octanol–water partition coefficient (Wildman–Crippen LogP) is 2.35. The van der Waals surface area contributed by atoms with E-state index in [1.54, 1.807) is 11.1 Å². The van der Waals surface area contributed by atoms with Crippen LogP contribution in [0.4, 0.5) is 4.79 Å². The van der Waals surface area contributed by atoms with Crippen molar-refractivity contribution in [2.45, 2.75) is 38.8 Å². The van der Waals surface area contributed by atoms with Crippen molar-refractivity contribution in [3.05, 3.63) is 30.1 Å². The van der Waals surface area contributed by atoms with Crippen molar-refractivity contribution >= 4 is 6.09 Å². The van der Waals surface area contributed by atoms with Crippen LogP contribution in [0, 0.1) is 0 Å². The molecule has 0 spiro atoms. The van der Waals surface area contributed by atoms with Gasteiger partial charge in [-0.3, -0.25) is 9.88 Å². The standard InChI is InChI=1S/C15H23N3O2/c1-15(2,3)20-14(19)18-10-6-8-16-11-13(18)12-7-4-5-9-17-12/h4-5,7,9,13,16H,6,8,10-11H2,1-3H3. The maximum Gasteiger partial charge on any atom is 0.410 e. The van der Waals surface area contributed by atoms with E-state index in [9.17, 15) is 4.79 Å². The summed E-state index contributed by atoms with van der Waals surface area (Å²) in [4.78, 5) is 18.6. The van der Waals surface area contributed by atoms with Crippen LogP contribution in [0.5, 0.6) is 0 Å². The van der Waals surface area contributed by atoms with E-state index in [1.165, 1.54) is 0 Å². The third kappa shape index (κ3) is 3.93. The van der Waals surface area contributed by atoms with Gasteiger partial charge in [0, 0.05) is 19.3 Å². The lowest BCUT2D eigenvalue weighted by atomic mass is 10.1. The summed E-state index contributed by atoms with van der Waals surface area (Å²) >= 11 is 0. The summed E-state index contributed by atoms with van der Waals surface area (Å²) in [5.74, 6) is 0. The third-order valence-corrected chi connectivity index (χ3v) is 3.12. The van der Waals surface area contributed by atoms with E-state index in [2.05, 4.69) is 10.3 Å². The topological polar surface area (TPSA) is 54.5 Å². The van der Waals surface area contributed by atoms with E-state index in [4.69, 9.17) is 4.74 Å². The third-order valence-electron chi connectivity index (χ3n) is 3.12. The van der Waals surface area contributed by atoms with Crippen molar-refractivity contribution in [3.8, 4) is 0 Å². The second kappa shape index (κ2) is 6.22. The molecule has 1 atom stereocenters. The number of hydrogen-bond acceptors (Lipinski definition) is 4. The Kier molecular flexibility index (Phi) is 4.60. The number of nitrogens with one attached hydrogen (secondary N) is 1. The Balaban J connectivity index is 2.19. The van der Waals surface area contributed by atoms with Crippen molar-refractivity contribution in [3.63, 3.8) is 0 Å². The molecule has 1 unspecified atom stereocenters. The molecule has 1 aromatic rings. The molecule has 0 aromatic carbocycles. The van der Waals surface area contributed by atoms with Crippen molar-refractivity contribution in [2.24, 2.45) is 0 Å². The molecule has 5 heteroatoms.